The Morgan fingerprint density at radius 1 is 1.17 bits per heavy atom. The van der Waals surface area contributed by atoms with Gasteiger partial charge in [-0.3, -0.25) is 15.0 Å². The van der Waals surface area contributed by atoms with Gasteiger partial charge in [-0.05, 0) is 23.3 Å². The molecule has 1 fully saturated rings. The fourth-order valence-electron chi connectivity index (χ4n) is 2.75. The van der Waals surface area contributed by atoms with E-state index in [9.17, 15) is 9.59 Å². The molecule has 0 bridgehead atoms. The van der Waals surface area contributed by atoms with E-state index in [1.165, 1.54) is 4.90 Å². The molecule has 0 aromatic heterocycles. The Morgan fingerprint density at radius 2 is 1.92 bits per heavy atom. The number of carbonyl (C=O) groups is 2. The Labute approximate surface area is 145 Å². The third-order valence-corrected chi connectivity index (χ3v) is 4.17. The van der Waals surface area contributed by atoms with Crippen molar-refractivity contribution in [2.75, 3.05) is 19.6 Å². The molecule has 2 N–H and O–H groups in total. The van der Waals surface area contributed by atoms with Crippen molar-refractivity contribution in [3.8, 4) is 0 Å². The third-order valence-electron chi connectivity index (χ3n) is 3.93. The van der Waals surface area contributed by atoms with E-state index in [1.54, 1.807) is 0 Å². The molecule has 0 aliphatic carbocycles. The van der Waals surface area contributed by atoms with E-state index in [-0.39, 0.29) is 24.5 Å². The summed E-state index contributed by atoms with van der Waals surface area (Å²) in [4.78, 5) is 25.1. The third kappa shape index (κ3) is 3.75. The van der Waals surface area contributed by atoms with Crippen LogP contribution < -0.4 is 10.6 Å². The number of imide groups is 1. The van der Waals surface area contributed by atoms with Gasteiger partial charge >= 0.3 is 6.03 Å². The van der Waals surface area contributed by atoms with Gasteiger partial charge in [-0.15, -0.1) is 0 Å². The predicted molar refractivity (Wildman–Crippen MR) is 92.9 cm³/mol. The van der Waals surface area contributed by atoms with Crippen molar-refractivity contribution in [1.82, 2.24) is 15.5 Å². The molecule has 1 heterocycles. The minimum Gasteiger partial charge on any atom is -0.336 e. The van der Waals surface area contributed by atoms with Crippen LogP contribution in [0, 0.1) is 0 Å². The lowest BCUT2D eigenvalue weighted by Crippen LogP contribution is -2.41. The number of nitrogens with zero attached hydrogens (tertiary/aromatic N) is 1. The number of amides is 3. The van der Waals surface area contributed by atoms with Crippen LogP contribution in [-0.2, 0) is 4.79 Å². The Morgan fingerprint density at radius 3 is 2.58 bits per heavy atom. The van der Waals surface area contributed by atoms with Gasteiger partial charge in [-0.2, -0.15) is 0 Å². The van der Waals surface area contributed by atoms with Gasteiger partial charge in [-0.1, -0.05) is 54.1 Å². The first-order chi connectivity index (χ1) is 11.6. The SMILES string of the molecule is O=C(CN[C@H](c1ccccc1)c1cccc(Cl)c1)N1CCNC1=O. The quantitative estimate of drug-likeness (QED) is 0.877. The first kappa shape index (κ1) is 16.5. The monoisotopic (exact) mass is 343 g/mol. The highest BCUT2D eigenvalue weighted by atomic mass is 35.5. The Balaban J connectivity index is 1.78. The molecule has 3 rings (SSSR count). The fourth-order valence-corrected chi connectivity index (χ4v) is 2.95. The molecule has 0 unspecified atom stereocenters. The van der Waals surface area contributed by atoms with Gasteiger partial charge in [0, 0.05) is 18.1 Å². The highest BCUT2D eigenvalue weighted by molar-refractivity contribution is 6.30. The lowest BCUT2D eigenvalue weighted by Gasteiger charge is -2.21. The molecule has 5 nitrogen and oxygen atoms in total. The number of nitrogens with one attached hydrogen (secondary N) is 2. The largest absolute Gasteiger partial charge is 0.336 e. The molecule has 1 atom stereocenters. The van der Waals surface area contributed by atoms with Gasteiger partial charge in [0.2, 0.25) is 5.91 Å². The zero-order chi connectivity index (χ0) is 16.9. The highest BCUT2D eigenvalue weighted by Gasteiger charge is 2.26. The molecule has 2 aromatic rings. The van der Waals surface area contributed by atoms with E-state index in [2.05, 4.69) is 10.6 Å². The molecule has 1 saturated heterocycles. The summed E-state index contributed by atoms with van der Waals surface area (Å²) < 4.78 is 0. The average molecular weight is 344 g/mol. The first-order valence-electron chi connectivity index (χ1n) is 7.77. The topological polar surface area (TPSA) is 61.4 Å². The standard InChI is InChI=1S/C18H18ClN3O2/c19-15-8-4-7-14(11-15)17(13-5-2-1-3-6-13)21-12-16(23)22-10-9-20-18(22)24/h1-8,11,17,21H,9-10,12H2,(H,20,24)/t17-/m1/s1. The second kappa shape index (κ2) is 7.47. The molecule has 0 radical (unpaired) electrons. The summed E-state index contributed by atoms with van der Waals surface area (Å²) in [6.07, 6.45) is 0. The van der Waals surface area contributed by atoms with Crippen molar-refractivity contribution in [3.63, 3.8) is 0 Å². The van der Waals surface area contributed by atoms with Gasteiger partial charge in [0.05, 0.1) is 12.6 Å². The van der Waals surface area contributed by atoms with E-state index in [4.69, 9.17) is 11.6 Å². The average Bonchev–Trinajstić information content (AvgIpc) is 3.02. The van der Waals surface area contributed by atoms with Crippen LogP contribution in [0.15, 0.2) is 54.6 Å². The fraction of sp³-hybridized carbons (Fsp3) is 0.222. The van der Waals surface area contributed by atoms with Gasteiger partial charge in [0.1, 0.15) is 0 Å². The van der Waals surface area contributed by atoms with E-state index in [1.807, 2.05) is 54.6 Å². The Bertz CT molecular complexity index is 736. The van der Waals surface area contributed by atoms with E-state index in [0.717, 1.165) is 11.1 Å². The minimum absolute atomic E-state index is 0.0689. The lowest BCUT2D eigenvalue weighted by atomic mass is 9.99. The summed E-state index contributed by atoms with van der Waals surface area (Å²) in [5.41, 5.74) is 1.99. The predicted octanol–water partition coefficient (Wildman–Crippen LogP) is 2.57. The number of halogens is 1. The van der Waals surface area contributed by atoms with Crippen molar-refractivity contribution in [2.24, 2.45) is 0 Å². The summed E-state index contributed by atoms with van der Waals surface area (Å²) >= 11 is 6.11. The Kier molecular flexibility index (Phi) is 5.13. The van der Waals surface area contributed by atoms with Crippen LogP contribution in [0.25, 0.3) is 0 Å². The summed E-state index contributed by atoms with van der Waals surface area (Å²) in [7, 11) is 0. The summed E-state index contributed by atoms with van der Waals surface area (Å²) in [5.74, 6) is -0.243. The molecule has 24 heavy (non-hydrogen) atoms. The second-order valence-electron chi connectivity index (χ2n) is 5.56. The molecule has 6 heteroatoms. The number of rotatable bonds is 5. The van der Waals surface area contributed by atoms with Crippen LogP contribution in [0.5, 0.6) is 0 Å². The second-order valence-corrected chi connectivity index (χ2v) is 5.99. The van der Waals surface area contributed by atoms with E-state index in [0.29, 0.717) is 18.1 Å². The van der Waals surface area contributed by atoms with Crippen LogP contribution in [0.4, 0.5) is 4.79 Å². The number of urea groups is 1. The van der Waals surface area contributed by atoms with Crippen LogP contribution in [0.2, 0.25) is 5.02 Å². The zero-order valence-corrected chi connectivity index (χ0v) is 13.8. The molecule has 0 spiro atoms. The zero-order valence-electron chi connectivity index (χ0n) is 13.0. The molecule has 1 aliphatic heterocycles. The minimum atomic E-state index is -0.333. The normalized spacial score (nSPS) is 15.2. The van der Waals surface area contributed by atoms with Gasteiger partial charge in [0.15, 0.2) is 0 Å². The summed E-state index contributed by atoms with van der Waals surface area (Å²) in [6.45, 7) is 0.979. The van der Waals surface area contributed by atoms with Crippen molar-refractivity contribution >= 4 is 23.5 Å². The van der Waals surface area contributed by atoms with Gasteiger partial charge < -0.3 is 5.32 Å². The van der Waals surface area contributed by atoms with Crippen molar-refractivity contribution in [1.29, 1.82) is 0 Å². The number of hydrogen-bond acceptors (Lipinski definition) is 3. The first-order valence-corrected chi connectivity index (χ1v) is 8.15. The molecule has 2 aromatic carbocycles. The maximum absolute atomic E-state index is 12.3. The van der Waals surface area contributed by atoms with Gasteiger partial charge in [0.25, 0.3) is 0 Å². The molecule has 1 aliphatic rings. The van der Waals surface area contributed by atoms with Crippen LogP contribution in [0.1, 0.15) is 17.2 Å². The van der Waals surface area contributed by atoms with Crippen LogP contribution >= 0.6 is 11.6 Å². The highest BCUT2D eigenvalue weighted by Crippen LogP contribution is 2.24. The number of carbonyl (C=O) groups excluding carboxylic acids is 2. The van der Waals surface area contributed by atoms with Crippen molar-refractivity contribution in [3.05, 3.63) is 70.7 Å². The molecule has 0 saturated carbocycles. The number of benzene rings is 2. The van der Waals surface area contributed by atoms with Crippen LogP contribution in [0.3, 0.4) is 0 Å². The Hall–Kier alpha value is -2.37. The smallest absolute Gasteiger partial charge is 0.324 e. The lowest BCUT2D eigenvalue weighted by molar-refractivity contribution is -0.126. The molecular formula is C18H18ClN3O2. The number of hydrogen-bond donors (Lipinski definition) is 2. The summed E-state index contributed by atoms with van der Waals surface area (Å²) in [6, 6.07) is 16.8. The maximum atomic E-state index is 12.3. The van der Waals surface area contributed by atoms with E-state index < -0.39 is 0 Å². The van der Waals surface area contributed by atoms with Crippen LogP contribution in [-0.4, -0.2) is 36.5 Å². The van der Waals surface area contributed by atoms with Crippen molar-refractivity contribution in [2.45, 2.75) is 6.04 Å². The van der Waals surface area contributed by atoms with E-state index >= 15 is 0 Å². The maximum Gasteiger partial charge on any atom is 0.324 e. The molecule has 3 amide bonds. The molecular weight excluding hydrogens is 326 g/mol. The van der Waals surface area contributed by atoms with Crippen molar-refractivity contribution < 1.29 is 9.59 Å². The van der Waals surface area contributed by atoms with Gasteiger partial charge in [-0.25, -0.2) is 4.79 Å². The summed E-state index contributed by atoms with van der Waals surface area (Å²) in [5, 5.41) is 6.52. The molecule has 124 valence electrons.